The summed E-state index contributed by atoms with van der Waals surface area (Å²) in [5, 5.41) is 0. The lowest BCUT2D eigenvalue weighted by atomic mass is 11.2. The molecule has 0 heterocycles. The molecular weight excluding hydrogens is 167 g/mol. The maximum absolute atomic E-state index is 11.1. The van der Waals surface area contributed by atoms with Gasteiger partial charge in [0.05, 0.1) is 18.8 Å². The molecule has 11 heavy (non-hydrogen) atoms. The van der Waals surface area contributed by atoms with Gasteiger partial charge in [-0.05, 0) is 0 Å². The zero-order chi connectivity index (χ0) is 8.74. The van der Waals surface area contributed by atoms with Crippen LogP contribution in [0.5, 0.6) is 0 Å². The van der Waals surface area contributed by atoms with E-state index >= 15 is 0 Å². The maximum Gasteiger partial charge on any atom is 0.645 e. The molecule has 0 aliphatic rings. The Morgan fingerprint density at radius 2 is 1.18 bits per heavy atom. The average Bonchev–Trinajstić information content (AvgIpc) is 1.88. The Kier molecular flexibility index (Phi) is 4.15. The van der Waals surface area contributed by atoms with Crippen molar-refractivity contribution in [2.24, 2.45) is 0 Å². The van der Waals surface area contributed by atoms with E-state index < -0.39 is 7.82 Å². The molecule has 0 atom stereocenters. The van der Waals surface area contributed by atoms with E-state index in [1.807, 2.05) is 0 Å². The summed E-state index contributed by atoms with van der Waals surface area (Å²) in [6.45, 7) is 9.56. The van der Waals surface area contributed by atoms with E-state index in [1.54, 1.807) is 0 Å². The first-order chi connectivity index (χ1) is 5.18. The van der Waals surface area contributed by atoms with Gasteiger partial charge in [-0.15, -0.1) is 0 Å². The van der Waals surface area contributed by atoms with Crippen LogP contribution in [0.4, 0.5) is 0 Å². The largest absolute Gasteiger partial charge is 0.645 e. The molecule has 0 aromatic heterocycles. The highest BCUT2D eigenvalue weighted by atomic mass is 31.2. The van der Waals surface area contributed by atoms with E-state index in [2.05, 4.69) is 33.3 Å². The predicted octanol–water partition coefficient (Wildman–Crippen LogP) is 2.57. The molecule has 62 valence electrons. The summed E-state index contributed by atoms with van der Waals surface area (Å²) < 4.78 is 24.5. The zero-order valence-electron chi connectivity index (χ0n) is 5.93. The Labute approximate surface area is 65.4 Å². The normalized spacial score (nSPS) is 9.45. The minimum Gasteiger partial charge on any atom is -0.395 e. The summed E-state index contributed by atoms with van der Waals surface area (Å²) in [4.78, 5) is 0. The number of hydrogen-bond acceptors (Lipinski definition) is 4. The fourth-order valence-electron chi connectivity index (χ4n) is 0.348. The smallest absolute Gasteiger partial charge is 0.395 e. The molecule has 0 saturated carbocycles. The molecule has 0 spiro atoms. The van der Waals surface area contributed by atoms with Crippen molar-refractivity contribution < 1.29 is 18.1 Å². The fraction of sp³-hybridized carbons (Fsp3) is 0. The SMILES string of the molecule is C=COP(=O)(OC=C)OC=C. The first-order valence-corrected chi connectivity index (χ1v) is 4.12. The minimum absolute atomic E-state index is 0.952. The van der Waals surface area contributed by atoms with Crippen LogP contribution in [0, 0.1) is 0 Å². The van der Waals surface area contributed by atoms with Crippen molar-refractivity contribution in [1.82, 2.24) is 0 Å². The first kappa shape index (κ1) is 9.85. The van der Waals surface area contributed by atoms with Crippen LogP contribution in [0.3, 0.4) is 0 Å². The van der Waals surface area contributed by atoms with Crippen LogP contribution in [0.2, 0.25) is 0 Å². The topological polar surface area (TPSA) is 44.8 Å². The number of rotatable bonds is 6. The minimum atomic E-state index is -3.57. The molecule has 0 rings (SSSR count). The highest BCUT2D eigenvalue weighted by Crippen LogP contribution is 2.49. The van der Waals surface area contributed by atoms with Crippen LogP contribution >= 0.6 is 7.82 Å². The van der Waals surface area contributed by atoms with Gasteiger partial charge < -0.3 is 13.6 Å². The Balaban J connectivity index is 4.22. The van der Waals surface area contributed by atoms with Crippen LogP contribution in [0.25, 0.3) is 0 Å². The van der Waals surface area contributed by atoms with Crippen LogP contribution in [0.15, 0.2) is 38.5 Å². The number of phosphoric acid groups is 1. The molecule has 0 aliphatic heterocycles. The molecule has 0 bridgehead atoms. The van der Waals surface area contributed by atoms with Crippen molar-refractivity contribution in [1.29, 1.82) is 0 Å². The second-order valence-corrected chi connectivity index (χ2v) is 2.79. The van der Waals surface area contributed by atoms with E-state index in [0.29, 0.717) is 0 Å². The first-order valence-electron chi connectivity index (χ1n) is 2.66. The molecule has 0 radical (unpaired) electrons. The van der Waals surface area contributed by atoms with E-state index in [0.717, 1.165) is 18.8 Å². The van der Waals surface area contributed by atoms with E-state index in [9.17, 15) is 4.57 Å². The van der Waals surface area contributed by atoms with Gasteiger partial charge in [0.25, 0.3) is 0 Å². The molecule has 0 aliphatic carbocycles. The van der Waals surface area contributed by atoms with Crippen molar-refractivity contribution in [3.05, 3.63) is 38.5 Å². The third-order valence-electron chi connectivity index (χ3n) is 0.611. The molecule has 4 nitrogen and oxygen atoms in total. The van der Waals surface area contributed by atoms with E-state index in [4.69, 9.17) is 0 Å². The quantitative estimate of drug-likeness (QED) is 0.460. The van der Waals surface area contributed by atoms with E-state index in [1.165, 1.54) is 0 Å². The molecular formula is C6H9O4P. The highest BCUT2D eigenvalue weighted by Gasteiger charge is 2.26. The molecule has 0 unspecified atom stereocenters. The Bertz CT molecular complexity index is 165. The van der Waals surface area contributed by atoms with Crippen LogP contribution in [-0.2, 0) is 18.1 Å². The summed E-state index contributed by atoms with van der Waals surface area (Å²) in [7, 11) is -3.57. The van der Waals surface area contributed by atoms with Gasteiger partial charge in [0.1, 0.15) is 0 Å². The molecule has 0 N–H and O–H groups in total. The summed E-state index contributed by atoms with van der Waals surface area (Å²) in [5.41, 5.74) is 0. The van der Waals surface area contributed by atoms with Crippen LogP contribution in [-0.4, -0.2) is 0 Å². The third-order valence-corrected chi connectivity index (χ3v) is 1.83. The van der Waals surface area contributed by atoms with Gasteiger partial charge in [-0.25, -0.2) is 0 Å². The van der Waals surface area contributed by atoms with Gasteiger partial charge in [-0.1, -0.05) is 19.7 Å². The second kappa shape index (κ2) is 4.63. The van der Waals surface area contributed by atoms with Crippen molar-refractivity contribution in [2.75, 3.05) is 0 Å². The molecule has 0 saturated heterocycles. The second-order valence-electron chi connectivity index (χ2n) is 1.26. The van der Waals surface area contributed by atoms with Crippen molar-refractivity contribution >= 4 is 7.82 Å². The van der Waals surface area contributed by atoms with Gasteiger partial charge in [0.15, 0.2) is 0 Å². The van der Waals surface area contributed by atoms with Gasteiger partial charge in [-0.3, -0.25) is 0 Å². The van der Waals surface area contributed by atoms with Crippen molar-refractivity contribution in [3.63, 3.8) is 0 Å². The van der Waals surface area contributed by atoms with Crippen molar-refractivity contribution in [3.8, 4) is 0 Å². The zero-order valence-corrected chi connectivity index (χ0v) is 6.83. The number of phosphoric ester groups is 1. The lowest BCUT2D eigenvalue weighted by Gasteiger charge is -2.11. The lowest BCUT2D eigenvalue weighted by Crippen LogP contribution is -1.86. The summed E-state index contributed by atoms with van der Waals surface area (Å²) in [5.74, 6) is 0. The molecule has 0 amide bonds. The van der Waals surface area contributed by atoms with Crippen LogP contribution < -0.4 is 0 Å². The maximum atomic E-state index is 11.1. The van der Waals surface area contributed by atoms with Crippen molar-refractivity contribution in [2.45, 2.75) is 0 Å². The monoisotopic (exact) mass is 176 g/mol. The average molecular weight is 176 g/mol. The molecule has 5 heteroatoms. The molecule has 0 fully saturated rings. The highest BCUT2D eigenvalue weighted by molar-refractivity contribution is 7.48. The summed E-state index contributed by atoms with van der Waals surface area (Å²) in [6.07, 6.45) is 2.86. The Hall–Kier alpha value is -1.15. The molecule has 0 aromatic carbocycles. The standard InChI is InChI=1S/C6H9O4P/c1-4-8-11(7,9-5-2)10-6-3/h4-6H,1-3H2. The Morgan fingerprint density at radius 1 is 0.909 bits per heavy atom. The number of hydrogen-bond donors (Lipinski definition) is 0. The van der Waals surface area contributed by atoms with Gasteiger partial charge in [0, 0.05) is 0 Å². The van der Waals surface area contributed by atoms with Gasteiger partial charge >= 0.3 is 7.82 Å². The summed E-state index contributed by atoms with van der Waals surface area (Å²) >= 11 is 0. The van der Waals surface area contributed by atoms with E-state index in [-0.39, 0.29) is 0 Å². The predicted molar refractivity (Wildman–Crippen MR) is 41.5 cm³/mol. The Morgan fingerprint density at radius 3 is 1.36 bits per heavy atom. The van der Waals surface area contributed by atoms with Gasteiger partial charge in [0.2, 0.25) is 0 Å². The lowest BCUT2D eigenvalue weighted by molar-refractivity contribution is 0.231. The summed E-state index contributed by atoms with van der Waals surface area (Å²) in [6, 6.07) is 0. The fourth-order valence-corrected chi connectivity index (χ4v) is 1.05. The van der Waals surface area contributed by atoms with Crippen LogP contribution in [0.1, 0.15) is 0 Å². The van der Waals surface area contributed by atoms with Gasteiger partial charge in [-0.2, -0.15) is 4.57 Å². The molecule has 0 aromatic rings. The third kappa shape index (κ3) is 3.53.